The van der Waals surface area contributed by atoms with Gasteiger partial charge in [0.15, 0.2) is 0 Å². The van der Waals surface area contributed by atoms with Crippen LogP contribution in [0, 0.1) is 5.41 Å². The molecule has 1 aliphatic rings. The molecule has 0 spiro atoms. The van der Waals surface area contributed by atoms with E-state index < -0.39 is 16.0 Å². The molecule has 0 amide bonds. The Morgan fingerprint density at radius 2 is 2.10 bits per heavy atom. The quantitative estimate of drug-likeness (QED) is 0.845. The van der Waals surface area contributed by atoms with Crippen molar-refractivity contribution in [1.29, 1.82) is 0 Å². The van der Waals surface area contributed by atoms with Crippen LogP contribution in [-0.4, -0.2) is 26.0 Å². The topological polar surface area (TPSA) is 83.5 Å². The minimum atomic E-state index is -3.60. The standard InChI is InChI=1S/C13H19NO4S2/c1-2-13(5-3-4-6-13)9-14-20(17,18)11-7-10(8-19-11)12(15)16/h7-8,14H,2-6,9H2,1H3,(H,15,16). The normalized spacial score (nSPS) is 18.2. The van der Waals surface area contributed by atoms with Gasteiger partial charge >= 0.3 is 5.97 Å². The van der Waals surface area contributed by atoms with Gasteiger partial charge in [0.1, 0.15) is 4.21 Å². The van der Waals surface area contributed by atoms with Gasteiger partial charge in [-0.2, -0.15) is 0 Å². The van der Waals surface area contributed by atoms with E-state index in [0.29, 0.717) is 6.54 Å². The molecule has 2 rings (SSSR count). The summed E-state index contributed by atoms with van der Waals surface area (Å²) in [5.41, 5.74) is 0.0846. The largest absolute Gasteiger partial charge is 0.478 e. The van der Waals surface area contributed by atoms with Crippen LogP contribution in [0.25, 0.3) is 0 Å². The Morgan fingerprint density at radius 1 is 1.45 bits per heavy atom. The summed E-state index contributed by atoms with van der Waals surface area (Å²) in [6.07, 6.45) is 5.36. The Bertz CT molecular complexity index is 585. The lowest BCUT2D eigenvalue weighted by Gasteiger charge is -2.27. The predicted octanol–water partition coefficient (Wildman–Crippen LogP) is 2.70. The summed E-state index contributed by atoms with van der Waals surface area (Å²) in [6, 6.07) is 1.21. The lowest BCUT2D eigenvalue weighted by atomic mass is 9.84. The van der Waals surface area contributed by atoms with Gasteiger partial charge in [0.05, 0.1) is 5.56 Å². The lowest BCUT2D eigenvalue weighted by molar-refractivity contribution is 0.0697. The van der Waals surface area contributed by atoms with Crippen LogP contribution in [0.3, 0.4) is 0 Å². The van der Waals surface area contributed by atoms with Crippen molar-refractivity contribution < 1.29 is 18.3 Å². The Hall–Kier alpha value is -0.920. The number of sulfonamides is 1. The second-order valence-corrected chi connectivity index (χ2v) is 8.25. The van der Waals surface area contributed by atoms with Crippen LogP contribution in [0.4, 0.5) is 0 Å². The molecule has 0 aromatic carbocycles. The fourth-order valence-corrected chi connectivity index (χ4v) is 5.02. The van der Waals surface area contributed by atoms with Crippen LogP contribution in [-0.2, 0) is 10.0 Å². The molecular weight excluding hydrogens is 298 g/mol. The average molecular weight is 317 g/mol. The molecule has 1 aliphatic carbocycles. The zero-order valence-electron chi connectivity index (χ0n) is 11.4. The average Bonchev–Trinajstić information content (AvgIpc) is 3.07. The van der Waals surface area contributed by atoms with Gasteiger partial charge < -0.3 is 5.11 Å². The van der Waals surface area contributed by atoms with Crippen molar-refractivity contribution in [3.8, 4) is 0 Å². The minimum absolute atomic E-state index is 0.0152. The number of carboxylic acids is 1. The first-order valence-electron chi connectivity index (χ1n) is 6.70. The summed E-state index contributed by atoms with van der Waals surface area (Å²) in [4.78, 5) is 10.8. The van der Waals surface area contributed by atoms with Crippen molar-refractivity contribution in [3.63, 3.8) is 0 Å². The molecule has 0 saturated heterocycles. The summed E-state index contributed by atoms with van der Waals surface area (Å²) in [5, 5.41) is 10.2. The van der Waals surface area contributed by atoms with Gasteiger partial charge in [-0.15, -0.1) is 11.3 Å². The van der Waals surface area contributed by atoms with Crippen LogP contribution in [0.15, 0.2) is 15.7 Å². The van der Waals surface area contributed by atoms with E-state index in [4.69, 9.17) is 5.11 Å². The van der Waals surface area contributed by atoms with Gasteiger partial charge in [-0.25, -0.2) is 17.9 Å². The third-order valence-corrected chi connectivity index (χ3v) is 6.98. The first-order valence-corrected chi connectivity index (χ1v) is 9.06. The second-order valence-electron chi connectivity index (χ2n) is 5.34. The van der Waals surface area contributed by atoms with E-state index in [9.17, 15) is 13.2 Å². The Balaban J connectivity index is 2.08. The molecule has 0 unspecified atom stereocenters. The Morgan fingerprint density at radius 3 is 2.60 bits per heavy atom. The maximum Gasteiger partial charge on any atom is 0.336 e. The molecule has 0 aliphatic heterocycles. The smallest absolute Gasteiger partial charge is 0.336 e. The van der Waals surface area contributed by atoms with Crippen LogP contribution in [0.2, 0.25) is 0 Å². The van der Waals surface area contributed by atoms with Crippen molar-refractivity contribution in [1.82, 2.24) is 4.72 Å². The van der Waals surface area contributed by atoms with Crippen molar-refractivity contribution in [2.45, 2.75) is 43.2 Å². The first-order chi connectivity index (χ1) is 9.38. The first kappa shape index (κ1) is 15.5. The van der Waals surface area contributed by atoms with Crippen LogP contribution in [0.1, 0.15) is 49.4 Å². The minimum Gasteiger partial charge on any atom is -0.478 e. The van der Waals surface area contributed by atoms with Crippen molar-refractivity contribution in [2.24, 2.45) is 5.41 Å². The number of carboxylic acid groups (broad SMARTS) is 1. The zero-order valence-corrected chi connectivity index (χ0v) is 13.0. The van der Waals surface area contributed by atoms with Gasteiger partial charge in [0.25, 0.3) is 0 Å². The highest BCUT2D eigenvalue weighted by Crippen LogP contribution is 2.40. The monoisotopic (exact) mass is 317 g/mol. The van der Waals surface area contributed by atoms with E-state index in [0.717, 1.165) is 43.4 Å². The molecule has 1 fully saturated rings. The second kappa shape index (κ2) is 5.83. The molecule has 0 radical (unpaired) electrons. The number of rotatable bonds is 6. The number of hydrogen-bond donors (Lipinski definition) is 2. The molecule has 0 atom stereocenters. The van der Waals surface area contributed by atoms with E-state index >= 15 is 0 Å². The highest BCUT2D eigenvalue weighted by Gasteiger charge is 2.33. The molecule has 1 aromatic heterocycles. The van der Waals surface area contributed by atoms with Crippen molar-refractivity contribution in [2.75, 3.05) is 6.54 Å². The van der Waals surface area contributed by atoms with E-state index in [1.807, 2.05) is 0 Å². The molecule has 5 nitrogen and oxygen atoms in total. The van der Waals surface area contributed by atoms with Gasteiger partial charge in [-0.1, -0.05) is 19.8 Å². The molecule has 1 saturated carbocycles. The predicted molar refractivity (Wildman–Crippen MR) is 77.7 cm³/mol. The molecule has 1 heterocycles. The Kier molecular flexibility index (Phi) is 4.51. The van der Waals surface area contributed by atoms with E-state index in [1.54, 1.807) is 0 Å². The van der Waals surface area contributed by atoms with E-state index in [2.05, 4.69) is 11.6 Å². The summed E-state index contributed by atoms with van der Waals surface area (Å²) in [7, 11) is -3.60. The molecule has 1 aromatic rings. The van der Waals surface area contributed by atoms with E-state index in [-0.39, 0.29) is 15.2 Å². The van der Waals surface area contributed by atoms with Crippen molar-refractivity contribution in [3.05, 3.63) is 17.0 Å². The number of nitrogens with one attached hydrogen (secondary N) is 1. The van der Waals surface area contributed by atoms with Gasteiger partial charge in [-0.05, 0) is 30.7 Å². The number of thiophene rings is 1. The third kappa shape index (κ3) is 3.21. The van der Waals surface area contributed by atoms with Crippen LogP contribution < -0.4 is 4.72 Å². The fraction of sp³-hybridized carbons (Fsp3) is 0.615. The van der Waals surface area contributed by atoms with Gasteiger partial charge in [-0.3, -0.25) is 0 Å². The lowest BCUT2D eigenvalue weighted by Crippen LogP contribution is -2.35. The fourth-order valence-electron chi connectivity index (χ4n) is 2.67. The molecular formula is C13H19NO4S2. The number of carbonyl (C=O) groups is 1. The molecule has 7 heteroatoms. The summed E-state index contributed by atoms with van der Waals surface area (Å²) < 4.78 is 27.1. The molecule has 20 heavy (non-hydrogen) atoms. The third-order valence-electron chi connectivity index (χ3n) is 4.14. The van der Waals surface area contributed by atoms with Crippen LogP contribution in [0.5, 0.6) is 0 Å². The summed E-state index contributed by atoms with van der Waals surface area (Å²) in [5.74, 6) is -1.11. The Labute approximate surface area is 123 Å². The summed E-state index contributed by atoms with van der Waals surface area (Å²) in [6.45, 7) is 2.53. The molecule has 0 bridgehead atoms. The highest BCUT2D eigenvalue weighted by molar-refractivity contribution is 7.91. The highest BCUT2D eigenvalue weighted by atomic mass is 32.2. The zero-order chi connectivity index (χ0) is 14.8. The maximum absolute atomic E-state index is 12.2. The van der Waals surface area contributed by atoms with Crippen LogP contribution >= 0.6 is 11.3 Å². The molecule has 112 valence electrons. The van der Waals surface area contributed by atoms with Gasteiger partial charge in [0, 0.05) is 11.9 Å². The van der Waals surface area contributed by atoms with Gasteiger partial charge in [0.2, 0.25) is 10.0 Å². The number of aromatic carboxylic acids is 1. The SMILES string of the molecule is CCC1(CNS(=O)(=O)c2cc(C(=O)O)cs2)CCCC1. The van der Waals surface area contributed by atoms with E-state index in [1.165, 1.54) is 11.4 Å². The number of hydrogen-bond acceptors (Lipinski definition) is 4. The van der Waals surface area contributed by atoms with Crippen molar-refractivity contribution >= 4 is 27.3 Å². The summed E-state index contributed by atoms with van der Waals surface area (Å²) >= 11 is 0.943. The molecule has 2 N–H and O–H groups in total. The maximum atomic E-state index is 12.2.